The van der Waals surface area contributed by atoms with Gasteiger partial charge >= 0.3 is 0 Å². The number of halogens is 1. The smallest absolute Gasteiger partial charge is 0.130 e. The Labute approximate surface area is 147 Å². The van der Waals surface area contributed by atoms with Crippen LogP contribution in [-0.2, 0) is 17.9 Å². The Morgan fingerprint density at radius 3 is 2.68 bits per heavy atom. The second-order valence-corrected chi connectivity index (χ2v) is 6.78. The number of aliphatic hydroxyl groups excluding tert-OH is 1. The number of nitrogens with zero attached hydrogens (tertiary/aromatic N) is 1. The Hall–Kier alpha value is -2.01. The molecule has 2 unspecified atom stereocenters. The van der Waals surface area contributed by atoms with E-state index in [2.05, 4.69) is 35.2 Å². The van der Waals surface area contributed by atoms with Crippen LogP contribution in [0.15, 0.2) is 54.6 Å². The van der Waals surface area contributed by atoms with Crippen molar-refractivity contribution >= 4 is 5.57 Å². The highest BCUT2D eigenvalue weighted by atomic mass is 19.1. The molecule has 0 aromatic heterocycles. The fourth-order valence-electron chi connectivity index (χ4n) is 3.82. The molecule has 1 saturated heterocycles. The number of morpholine rings is 1. The summed E-state index contributed by atoms with van der Waals surface area (Å²) in [5.41, 5.74) is 3.66. The molecular weight excluding hydrogens is 317 g/mol. The van der Waals surface area contributed by atoms with Gasteiger partial charge in [-0.2, -0.15) is 0 Å². The maximum absolute atomic E-state index is 14.3. The number of benzene rings is 2. The van der Waals surface area contributed by atoms with E-state index < -0.39 is 0 Å². The standard InChI is InChI=1S/C21H22FNO2/c22-21-7-6-16(12-24)8-20(21)17-9-18-13-25-14-19(10-17)23(18)11-15-4-2-1-3-5-15/h1-9,18-19,24H,10-14H2. The van der Waals surface area contributed by atoms with Crippen LogP contribution in [-0.4, -0.2) is 35.3 Å². The van der Waals surface area contributed by atoms with E-state index in [1.165, 1.54) is 11.6 Å². The molecule has 0 aliphatic carbocycles. The van der Waals surface area contributed by atoms with E-state index in [9.17, 15) is 9.50 Å². The van der Waals surface area contributed by atoms with E-state index in [0.29, 0.717) is 18.8 Å². The molecule has 0 radical (unpaired) electrons. The highest BCUT2D eigenvalue weighted by molar-refractivity contribution is 5.69. The topological polar surface area (TPSA) is 32.7 Å². The number of hydrogen-bond acceptors (Lipinski definition) is 3. The minimum absolute atomic E-state index is 0.0728. The van der Waals surface area contributed by atoms with Crippen molar-refractivity contribution in [1.29, 1.82) is 0 Å². The van der Waals surface area contributed by atoms with E-state index >= 15 is 0 Å². The molecule has 2 heterocycles. The lowest BCUT2D eigenvalue weighted by Crippen LogP contribution is -2.53. The lowest BCUT2D eigenvalue weighted by molar-refractivity contribution is -0.0403. The van der Waals surface area contributed by atoms with Crippen LogP contribution >= 0.6 is 0 Å². The molecule has 2 aromatic rings. The first-order valence-electron chi connectivity index (χ1n) is 8.72. The molecule has 2 atom stereocenters. The van der Waals surface area contributed by atoms with Crippen molar-refractivity contribution in [3.8, 4) is 0 Å². The summed E-state index contributed by atoms with van der Waals surface area (Å²) in [6.07, 6.45) is 2.90. The van der Waals surface area contributed by atoms with Crippen LogP contribution in [0.5, 0.6) is 0 Å². The Kier molecular flexibility index (Phi) is 4.66. The van der Waals surface area contributed by atoms with Gasteiger partial charge < -0.3 is 9.84 Å². The maximum Gasteiger partial charge on any atom is 0.130 e. The predicted molar refractivity (Wildman–Crippen MR) is 95.3 cm³/mol. The zero-order valence-electron chi connectivity index (χ0n) is 14.1. The van der Waals surface area contributed by atoms with E-state index in [-0.39, 0.29) is 24.5 Å². The second kappa shape index (κ2) is 7.08. The molecule has 2 aliphatic heterocycles. The maximum atomic E-state index is 14.3. The molecule has 4 rings (SSSR count). The van der Waals surface area contributed by atoms with Crippen molar-refractivity contribution in [2.24, 2.45) is 0 Å². The highest BCUT2D eigenvalue weighted by Gasteiger charge is 2.35. The van der Waals surface area contributed by atoms with Gasteiger partial charge in [0.15, 0.2) is 0 Å². The van der Waals surface area contributed by atoms with Crippen molar-refractivity contribution in [3.05, 3.63) is 77.1 Å². The molecule has 0 amide bonds. The van der Waals surface area contributed by atoms with Crippen LogP contribution in [0.25, 0.3) is 5.57 Å². The van der Waals surface area contributed by atoms with Gasteiger partial charge in [0.05, 0.1) is 25.9 Å². The number of rotatable bonds is 4. The third-order valence-corrected chi connectivity index (χ3v) is 5.11. The first-order valence-corrected chi connectivity index (χ1v) is 8.72. The summed E-state index contributed by atoms with van der Waals surface area (Å²) in [5.74, 6) is -0.223. The fraction of sp³-hybridized carbons (Fsp3) is 0.333. The Bertz CT molecular complexity index is 775. The molecule has 2 aliphatic rings. The first kappa shape index (κ1) is 16.5. The summed E-state index contributed by atoms with van der Waals surface area (Å²) in [5, 5.41) is 9.35. The van der Waals surface area contributed by atoms with Crippen LogP contribution < -0.4 is 0 Å². The van der Waals surface area contributed by atoms with Crippen molar-refractivity contribution in [1.82, 2.24) is 4.90 Å². The highest BCUT2D eigenvalue weighted by Crippen LogP contribution is 2.34. The van der Waals surface area contributed by atoms with Crippen LogP contribution in [0.2, 0.25) is 0 Å². The summed E-state index contributed by atoms with van der Waals surface area (Å²) < 4.78 is 20.1. The second-order valence-electron chi connectivity index (χ2n) is 6.78. The molecule has 130 valence electrons. The van der Waals surface area contributed by atoms with Gasteiger partial charge in [-0.1, -0.05) is 42.5 Å². The van der Waals surface area contributed by atoms with E-state index in [0.717, 1.165) is 24.1 Å². The zero-order valence-corrected chi connectivity index (χ0v) is 14.1. The molecule has 4 heteroatoms. The summed E-state index contributed by atoms with van der Waals surface area (Å²) >= 11 is 0. The molecule has 1 N–H and O–H groups in total. The van der Waals surface area contributed by atoms with Gasteiger partial charge in [0, 0.05) is 18.2 Å². The van der Waals surface area contributed by atoms with E-state index in [1.54, 1.807) is 12.1 Å². The summed E-state index contributed by atoms with van der Waals surface area (Å²) in [4.78, 5) is 2.45. The van der Waals surface area contributed by atoms with Crippen molar-refractivity contribution in [2.45, 2.75) is 31.7 Å². The predicted octanol–water partition coefficient (Wildman–Crippen LogP) is 3.37. The minimum Gasteiger partial charge on any atom is -0.392 e. The van der Waals surface area contributed by atoms with Crippen molar-refractivity contribution in [3.63, 3.8) is 0 Å². The van der Waals surface area contributed by atoms with Gasteiger partial charge in [-0.25, -0.2) is 4.39 Å². The van der Waals surface area contributed by atoms with E-state index in [1.807, 2.05) is 6.07 Å². The Morgan fingerprint density at radius 2 is 1.92 bits per heavy atom. The number of hydrogen-bond donors (Lipinski definition) is 1. The van der Waals surface area contributed by atoms with Crippen LogP contribution in [0.3, 0.4) is 0 Å². The SMILES string of the molecule is OCc1ccc(F)c(C2=CC3COCC(C2)N3Cc2ccccc2)c1. The van der Waals surface area contributed by atoms with Crippen molar-refractivity contribution < 1.29 is 14.2 Å². The average Bonchev–Trinajstić information content (AvgIpc) is 2.63. The van der Waals surface area contributed by atoms with Gasteiger partial charge in [-0.05, 0) is 35.3 Å². The normalized spacial score (nSPS) is 23.4. The van der Waals surface area contributed by atoms with E-state index in [4.69, 9.17) is 4.74 Å². The molecule has 0 saturated carbocycles. The molecular formula is C21H22FNO2. The molecule has 25 heavy (non-hydrogen) atoms. The fourth-order valence-corrected chi connectivity index (χ4v) is 3.82. The lowest BCUT2D eigenvalue weighted by atomic mass is 9.88. The van der Waals surface area contributed by atoms with Crippen LogP contribution in [0.4, 0.5) is 4.39 Å². The Balaban J connectivity index is 1.63. The van der Waals surface area contributed by atoms with Gasteiger partial charge in [-0.15, -0.1) is 0 Å². The van der Waals surface area contributed by atoms with Gasteiger partial charge in [0.25, 0.3) is 0 Å². The Morgan fingerprint density at radius 1 is 1.08 bits per heavy atom. The third-order valence-electron chi connectivity index (χ3n) is 5.11. The number of ether oxygens (including phenoxy) is 1. The minimum atomic E-state index is -0.223. The number of fused-ring (bicyclic) bond motifs is 2. The molecule has 2 aromatic carbocycles. The molecule has 3 nitrogen and oxygen atoms in total. The molecule has 1 fully saturated rings. The summed E-state index contributed by atoms with van der Waals surface area (Å²) in [7, 11) is 0. The zero-order chi connectivity index (χ0) is 17.2. The quantitative estimate of drug-likeness (QED) is 0.927. The average molecular weight is 339 g/mol. The lowest BCUT2D eigenvalue weighted by Gasteiger charge is -2.45. The first-order chi connectivity index (χ1) is 12.2. The summed E-state index contributed by atoms with van der Waals surface area (Å²) in [6.45, 7) is 2.11. The van der Waals surface area contributed by atoms with Crippen LogP contribution in [0, 0.1) is 5.82 Å². The summed E-state index contributed by atoms with van der Waals surface area (Å²) in [6, 6.07) is 15.7. The van der Waals surface area contributed by atoms with Gasteiger partial charge in [0.1, 0.15) is 5.82 Å². The van der Waals surface area contributed by atoms with Crippen LogP contribution in [0.1, 0.15) is 23.1 Å². The monoisotopic (exact) mass is 339 g/mol. The molecule has 2 bridgehead atoms. The third kappa shape index (κ3) is 3.38. The van der Waals surface area contributed by atoms with Gasteiger partial charge in [0.2, 0.25) is 0 Å². The largest absolute Gasteiger partial charge is 0.392 e. The van der Waals surface area contributed by atoms with Crippen molar-refractivity contribution in [2.75, 3.05) is 13.2 Å². The molecule has 0 spiro atoms. The number of aliphatic hydroxyl groups is 1. The van der Waals surface area contributed by atoms with Gasteiger partial charge in [-0.3, -0.25) is 4.90 Å².